The van der Waals surface area contributed by atoms with E-state index in [9.17, 15) is 19.5 Å². The summed E-state index contributed by atoms with van der Waals surface area (Å²) < 4.78 is 12.7. The minimum atomic E-state index is -0.521. The van der Waals surface area contributed by atoms with E-state index in [-0.39, 0.29) is 54.8 Å². The zero-order valence-electron chi connectivity index (χ0n) is 29.0. The molecular formula is C37H51N5O6. The van der Waals surface area contributed by atoms with Gasteiger partial charge in [-0.1, -0.05) is 43.3 Å². The topological polar surface area (TPSA) is 132 Å². The highest BCUT2D eigenvalue weighted by Crippen LogP contribution is 2.29. The van der Waals surface area contributed by atoms with Crippen LogP contribution >= 0.6 is 0 Å². The number of nitrogens with zero attached hydrogens (tertiary/aromatic N) is 2. The number of anilines is 2. The number of aliphatic hydroxyl groups excluding tert-OH is 1. The third kappa shape index (κ3) is 9.84. The number of hydrogen-bond donors (Lipinski definition) is 4. The molecular weight excluding hydrogens is 610 g/mol. The van der Waals surface area contributed by atoms with E-state index in [0.29, 0.717) is 30.3 Å². The van der Waals surface area contributed by atoms with E-state index in [1.54, 1.807) is 42.0 Å². The third-order valence-electron chi connectivity index (χ3n) is 8.56. The fourth-order valence-corrected chi connectivity index (χ4v) is 5.79. The number of fused-ring (bicyclic) bond motifs is 2. The van der Waals surface area contributed by atoms with Crippen LogP contribution in [-0.2, 0) is 4.74 Å². The van der Waals surface area contributed by atoms with Crippen LogP contribution < -0.4 is 20.7 Å². The highest BCUT2D eigenvalue weighted by Gasteiger charge is 2.31. The third-order valence-corrected chi connectivity index (χ3v) is 8.56. The maximum atomic E-state index is 14.4. The monoisotopic (exact) mass is 661 g/mol. The molecule has 0 saturated carbocycles. The van der Waals surface area contributed by atoms with Crippen LogP contribution in [0.4, 0.5) is 21.0 Å². The molecule has 0 aliphatic carbocycles. The van der Waals surface area contributed by atoms with Crippen LogP contribution in [-0.4, -0.2) is 90.5 Å². The van der Waals surface area contributed by atoms with Crippen molar-refractivity contribution in [1.29, 1.82) is 0 Å². The zero-order valence-corrected chi connectivity index (χ0v) is 29.0. The molecule has 0 aromatic heterocycles. The van der Waals surface area contributed by atoms with Crippen molar-refractivity contribution >= 4 is 40.1 Å². The Bertz CT molecular complexity index is 1540. The van der Waals surface area contributed by atoms with E-state index in [2.05, 4.69) is 16.0 Å². The van der Waals surface area contributed by atoms with Gasteiger partial charge in [0.1, 0.15) is 5.75 Å². The maximum absolute atomic E-state index is 14.4. The molecule has 4 N–H and O–H groups in total. The molecule has 11 nitrogen and oxygen atoms in total. The molecule has 4 atom stereocenters. The van der Waals surface area contributed by atoms with Crippen molar-refractivity contribution in [3.8, 4) is 5.75 Å². The van der Waals surface area contributed by atoms with Crippen molar-refractivity contribution < 1.29 is 29.0 Å². The predicted octanol–water partition coefficient (Wildman–Crippen LogP) is 6.33. The normalized spacial score (nSPS) is 19.9. The Morgan fingerprint density at radius 1 is 1.02 bits per heavy atom. The van der Waals surface area contributed by atoms with Gasteiger partial charge in [-0.15, -0.1) is 0 Å². The zero-order chi connectivity index (χ0) is 34.8. The molecule has 0 saturated heterocycles. The number of rotatable bonds is 7. The predicted molar refractivity (Wildman–Crippen MR) is 190 cm³/mol. The van der Waals surface area contributed by atoms with Gasteiger partial charge in [-0.2, -0.15) is 0 Å². The van der Waals surface area contributed by atoms with Gasteiger partial charge in [0.25, 0.3) is 5.91 Å². The second-order valence-electron chi connectivity index (χ2n) is 13.1. The molecule has 0 bridgehead atoms. The van der Waals surface area contributed by atoms with Crippen molar-refractivity contribution in [3.05, 3.63) is 66.2 Å². The number of benzene rings is 3. The minimum Gasteiger partial charge on any atom is -0.490 e. The molecule has 0 unspecified atom stereocenters. The quantitative estimate of drug-likeness (QED) is 0.234. The largest absolute Gasteiger partial charge is 0.490 e. The SMILES string of the molecule is CC(C)NC(=O)N(C)C[C@@H]1OCCCC[C@@H](C)Oc2ccc(NC(=O)Nc3cccc4ccccc34)cc2C(=O)N([C@@H](C)CO)C[C@@H]1C. The molecule has 3 aromatic carbocycles. The summed E-state index contributed by atoms with van der Waals surface area (Å²) in [6.07, 6.45) is 1.89. The summed E-state index contributed by atoms with van der Waals surface area (Å²) in [5.74, 6) is -0.119. The van der Waals surface area contributed by atoms with E-state index < -0.39 is 12.1 Å². The first-order chi connectivity index (χ1) is 23.0. The molecule has 260 valence electrons. The van der Waals surface area contributed by atoms with Crippen LogP contribution in [0.2, 0.25) is 0 Å². The van der Waals surface area contributed by atoms with Crippen molar-refractivity contribution in [2.75, 3.05) is 44.0 Å². The first kappa shape index (κ1) is 36.5. The lowest BCUT2D eigenvalue weighted by Crippen LogP contribution is -2.49. The lowest BCUT2D eigenvalue weighted by Gasteiger charge is -2.36. The van der Waals surface area contributed by atoms with Gasteiger partial charge in [-0.25, -0.2) is 9.59 Å². The molecule has 0 radical (unpaired) electrons. The Kier molecular flexibility index (Phi) is 13.0. The fourth-order valence-electron chi connectivity index (χ4n) is 5.79. The van der Waals surface area contributed by atoms with E-state index in [4.69, 9.17) is 9.47 Å². The van der Waals surface area contributed by atoms with Crippen LogP contribution in [0.15, 0.2) is 60.7 Å². The van der Waals surface area contributed by atoms with Gasteiger partial charge in [0.15, 0.2) is 0 Å². The van der Waals surface area contributed by atoms with Gasteiger partial charge >= 0.3 is 12.1 Å². The number of likely N-dealkylation sites (N-methyl/N-ethyl adjacent to an activating group) is 1. The van der Waals surface area contributed by atoms with Crippen LogP contribution in [0, 0.1) is 5.92 Å². The molecule has 1 aliphatic heterocycles. The van der Waals surface area contributed by atoms with Crippen LogP contribution in [0.3, 0.4) is 0 Å². The molecule has 1 heterocycles. The summed E-state index contributed by atoms with van der Waals surface area (Å²) in [4.78, 5) is 43.5. The highest BCUT2D eigenvalue weighted by atomic mass is 16.5. The van der Waals surface area contributed by atoms with Gasteiger partial charge in [0.05, 0.1) is 36.1 Å². The summed E-state index contributed by atoms with van der Waals surface area (Å²) in [5.41, 5.74) is 1.36. The average Bonchev–Trinajstić information content (AvgIpc) is 3.05. The lowest BCUT2D eigenvalue weighted by molar-refractivity contribution is -0.0122. The number of carbonyl (C=O) groups excluding carboxylic acids is 3. The van der Waals surface area contributed by atoms with Crippen LogP contribution in [0.5, 0.6) is 5.75 Å². The van der Waals surface area contributed by atoms with Crippen molar-refractivity contribution in [2.45, 2.75) is 78.2 Å². The summed E-state index contributed by atoms with van der Waals surface area (Å²) >= 11 is 0. The molecule has 48 heavy (non-hydrogen) atoms. The van der Waals surface area contributed by atoms with Crippen LogP contribution in [0.25, 0.3) is 10.8 Å². The first-order valence-corrected chi connectivity index (χ1v) is 16.9. The van der Waals surface area contributed by atoms with Crippen molar-refractivity contribution in [1.82, 2.24) is 15.1 Å². The molecule has 0 fully saturated rings. The first-order valence-electron chi connectivity index (χ1n) is 16.9. The van der Waals surface area contributed by atoms with Crippen LogP contribution in [0.1, 0.15) is 64.2 Å². The lowest BCUT2D eigenvalue weighted by atomic mass is 10.0. The Labute approximate surface area is 284 Å². The molecule has 0 spiro atoms. The summed E-state index contributed by atoms with van der Waals surface area (Å²) in [6.45, 7) is 10.4. The average molecular weight is 662 g/mol. The van der Waals surface area contributed by atoms with Gasteiger partial charge < -0.3 is 40.3 Å². The highest BCUT2D eigenvalue weighted by molar-refractivity contribution is 6.07. The second-order valence-corrected chi connectivity index (χ2v) is 13.1. The minimum absolute atomic E-state index is 0.00578. The number of ether oxygens (including phenoxy) is 2. The van der Waals surface area contributed by atoms with Gasteiger partial charge in [-0.05, 0) is 76.6 Å². The van der Waals surface area contributed by atoms with E-state index >= 15 is 0 Å². The van der Waals surface area contributed by atoms with E-state index in [0.717, 1.165) is 30.0 Å². The molecule has 5 amide bonds. The van der Waals surface area contributed by atoms with Gasteiger partial charge in [-0.3, -0.25) is 4.79 Å². The standard InChI is InChI=1S/C37H51N5O6/c1-24(2)38-37(46)41(6)22-34-25(3)21-42(26(4)23-43)35(44)31-20-29(17-18-33(31)48-27(5)12-9-10-19-47-34)39-36(45)40-32-16-11-14-28-13-7-8-15-30(28)32/h7-8,11,13-18,20,24-27,34,43H,9-10,12,19,21-23H2,1-6H3,(H,38,46)(H2,39,40,45)/t25-,26-,27+,34-/m0/s1. The van der Waals surface area contributed by atoms with E-state index in [1.807, 2.05) is 70.2 Å². The Hall–Kier alpha value is -4.35. The molecule has 3 aromatic rings. The number of amides is 5. The number of carbonyl (C=O) groups is 3. The second kappa shape index (κ2) is 17.2. The summed E-state index contributed by atoms with van der Waals surface area (Å²) in [5, 5.41) is 20.9. The number of urea groups is 2. The molecule has 4 rings (SSSR count). The Balaban J connectivity index is 1.61. The van der Waals surface area contributed by atoms with Crippen molar-refractivity contribution in [2.24, 2.45) is 5.92 Å². The fraction of sp³-hybridized carbons (Fsp3) is 0.486. The number of nitrogens with one attached hydrogen (secondary N) is 3. The molecule has 11 heteroatoms. The molecule has 1 aliphatic rings. The Morgan fingerprint density at radius 3 is 2.52 bits per heavy atom. The summed E-state index contributed by atoms with van der Waals surface area (Å²) in [6, 6.07) is 17.4. The summed E-state index contributed by atoms with van der Waals surface area (Å²) in [7, 11) is 1.73. The van der Waals surface area contributed by atoms with Crippen molar-refractivity contribution in [3.63, 3.8) is 0 Å². The van der Waals surface area contributed by atoms with Gasteiger partial charge in [0, 0.05) is 49.8 Å². The smallest absolute Gasteiger partial charge is 0.323 e. The Morgan fingerprint density at radius 2 is 1.77 bits per heavy atom. The van der Waals surface area contributed by atoms with Gasteiger partial charge in [0.2, 0.25) is 0 Å². The maximum Gasteiger partial charge on any atom is 0.323 e. The van der Waals surface area contributed by atoms with E-state index in [1.165, 1.54) is 0 Å². The number of hydrogen-bond acceptors (Lipinski definition) is 6. The number of aliphatic hydroxyl groups is 1.